The maximum atomic E-state index is 7.65. The zero-order valence-electron chi connectivity index (χ0n) is 20.1. The van der Waals surface area contributed by atoms with E-state index in [1.54, 1.807) is 4.89 Å². The van der Waals surface area contributed by atoms with Gasteiger partial charge in [0.05, 0.1) is 18.1 Å². The predicted octanol–water partition coefficient (Wildman–Crippen LogP) is 7.01. The fourth-order valence-electron chi connectivity index (χ4n) is 7.80. The van der Waals surface area contributed by atoms with E-state index in [-0.39, 0.29) is 0 Å². The molecule has 6 rings (SSSR count). The van der Waals surface area contributed by atoms with Crippen LogP contribution in [0.25, 0.3) is 16.7 Å². The molecule has 0 bridgehead atoms. The zero-order chi connectivity index (χ0) is 23.1. The Labute approximate surface area is 202 Å². The van der Waals surface area contributed by atoms with E-state index >= 15 is 0 Å². The Morgan fingerprint density at radius 1 is 1.09 bits per heavy atom. The number of imidazole rings is 1. The van der Waals surface area contributed by atoms with Crippen LogP contribution < -0.4 is 4.89 Å². The molecule has 0 saturated heterocycles. The number of benzene rings is 1. The molecule has 2 N–H and O–H groups in total. The number of hydrogen-bond acceptors (Lipinski definition) is 5. The highest BCUT2D eigenvalue weighted by Gasteiger charge is 2.56. The third kappa shape index (κ3) is 3.79. The molecule has 1 aromatic carbocycles. The second-order valence-electron chi connectivity index (χ2n) is 10.7. The van der Waals surface area contributed by atoms with Crippen molar-refractivity contribution in [2.45, 2.75) is 65.2 Å². The number of para-hydroxylation sites is 2. The maximum absolute atomic E-state index is 7.65. The van der Waals surface area contributed by atoms with Crippen LogP contribution in [0.5, 0.6) is 0 Å². The van der Waals surface area contributed by atoms with Gasteiger partial charge in [0.15, 0.2) is 0 Å². The number of nitrogens with one attached hydrogen (secondary N) is 1. The first-order chi connectivity index (χ1) is 16.0. The van der Waals surface area contributed by atoms with Crippen LogP contribution in [0.2, 0.25) is 0 Å². The first-order valence-corrected chi connectivity index (χ1v) is 13.2. The minimum Gasteiger partial charge on any atom is -0.304 e. The Hall–Kier alpha value is -1.60. The van der Waals surface area contributed by atoms with E-state index in [2.05, 4.69) is 65.3 Å². The zero-order valence-corrected chi connectivity index (χ0v) is 20.9. The summed E-state index contributed by atoms with van der Waals surface area (Å²) in [5.74, 6) is 2.55. The van der Waals surface area contributed by atoms with Gasteiger partial charge in [-0.05, 0) is 80.2 Å². The Balaban J connectivity index is 0.000000416. The van der Waals surface area contributed by atoms with Crippen molar-refractivity contribution in [2.75, 3.05) is 7.11 Å². The fourth-order valence-corrected chi connectivity index (χ4v) is 7.88. The molecule has 0 aliphatic heterocycles. The molecule has 2 aromatic rings. The summed E-state index contributed by atoms with van der Waals surface area (Å²) in [6.07, 6.45) is 18.2. The van der Waals surface area contributed by atoms with Gasteiger partial charge in [-0.15, -0.1) is 4.89 Å². The van der Waals surface area contributed by atoms with Gasteiger partial charge in [0.2, 0.25) is 0 Å². The van der Waals surface area contributed by atoms with Gasteiger partial charge in [-0.2, -0.15) is 0 Å². The number of allylic oxidation sites excluding steroid dienone is 4. The summed E-state index contributed by atoms with van der Waals surface area (Å²) >= 11 is 0.769. The second kappa shape index (κ2) is 9.21. The first-order valence-electron chi connectivity index (χ1n) is 12.4. The molecule has 2 fully saturated rings. The molecule has 4 aliphatic rings. The van der Waals surface area contributed by atoms with Gasteiger partial charge in [0.1, 0.15) is 18.6 Å². The molecule has 0 radical (unpaired) electrons. The van der Waals surface area contributed by atoms with Gasteiger partial charge in [-0.3, -0.25) is 0 Å². The maximum Gasteiger partial charge on any atom is 0.105 e. The number of nitrogens with zero attached hydrogens (tertiary/aromatic N) is 2. The van der Waals surface area contributed by atoms with Crippen LogP contribution in [-0.2, 0) is 4.18 Å². The van der Waals surface area contributed by atoms with Crippen molar-refractivity contribution in [1.29, 1.82) is 0 Å². The molecule has 2 saturated carbocycles. The lowest BCUT2D eigenvalue weighted by atomic mass is 9.48. The van der Waals surface area contributed by atoms with Crippen LogP contribution >= 0.6 is 12.2 Å². The van der Waals surface area contributed by atoms with E-state index in [9.17, 15) is 0 Å². The van der Waals surface area contributed by atoms with E-state index in [1.165, 1.54) is 69.7 Å². The van der Waals surface area contributed by atoms with E-state index in [0.29, 0.717) is 10.8 Å². The molecular weight excluding hydrogens is 430 g/mol. The van der Waals surface area contributed by atoms with Crippen LogP contribution in [0.1, 0.15) is 65.2 Å². The smallest absolute Gasteiger partial charge is 0.105 e. The van der Waals surface area contributed by atoms with Gasteiger partial charge in [0, 0.05) is 11.1 Å². The number of aromatic nitrogens is 2. The highest BCUT2D eigenvalue weighted by Crippen LogP contribution is 2.65. The number of hydrogen-bond donors (Lipinski definition) is 2. The van der Waals surface area contributed by atoms with Crippen molar-refractivity contribution in [3.8, 4) is 0 Å². The van der Waals surface area contributed by atoms with Crippen molar-refractivity contribution in [3.63, 3.8) is 0 Å². The van der Waals surface area contributed by atoms with Gasteiger partial charge in [0.25, 0.3) is 0 Å². The molecule has 6 heteroatoms. The fraction of sp³-hybridized carbons (Fsp3) is 0.593. The minimum absolute atomic E-state index is 0.293. The highest BCUT2D eigenvalue weighted by atomic mass is 32.2. The second-order valence-corrected chi connectivity index (χ2v) is 11.4. The third-order valence-corrected chi connectivity index (χ3v) is 9.63. The van der Waals surface area contributed by atoms with Crippen LogP contribution in [-0.4, -0.2) is 21.9 Å². The lowest BCUT2D eigenvalue weighted by Crippen LogP contribution is -2.49. The number of fused-ring (bicyclic) bond motifs is 6. The van der Waals surface area contributed by atoms with E-state index in [4.69, 9.17) is 10.2 Å². The molecule has 4 aliphatic carbocycles. The number of rotatable bonds is 3. The van der Waals surface area contributed by atoms with Crippen molar-refractivity contribution in [1.82, 2.24) is 14.4 Å². The van der Waals surface area contributed by atoms with Crippen molar-refractivity contribution in [3.05, 3.63) is 48.3 Å². The minimum atomic E-state index is 0.293. The average molecular weight is 468 g/mol. The molecule has 0 amide bonds. The van der Waals surface area contributed by atoms with Gasteiger partial charge < -0.3 is 14.0 Å². The summed E-state index contributed by atoms with van der Waals surface area (Å²) in [5.41, 5.74) is 6.50. The Kier molecular flexibility index (Phi) is 6.47. The molecule has 5 nitrogen and oxygen atoms in total. The molecule has 0 spiro atoms. The molecule has 178 valence electrons. The summed E-state index contributed by atoms with van der Waals surface area (Å²) in [5, 5.41) is 7.65. The van der Waals surface area contributed by atoms with Gasteiger partial charge in [-0.1, -0.05) is 50.1 Å². The topological polar surface area (TPSA) is 59.3 Å². The molecule has 5 unspecified atom stereocenters. The summed E-state index contributed by atoms with van der Waals surface area (Å²) in [7, 11) is 1.45. The van der Waals surface area contributed by atoms with Crippen molar-refractivity contribution >= 4 is 29.0 Å². The molecular formula is C27H37N3O2S. The summed E-state index contributed by atoms with van der Waals surface area (Å²) in [6.45, 7) is 5.17. The summed E-state index contributed by atoms with van der Waals surface area (Å²) < 4.78 is 6.65. The standard InChI is InChI=1S/C26H32N2.CH5NO2S/c1-25-15-6-5-7-18(25)10-11-19-20-12-13-24(26(20,2)16-14-21(19)25)28-17-27-22-8-3-4-9-23(22)28;1-4-5-2-3/h3-4,8-10,13,17,19-21H,5-7,11-12,14-16H2,1-2H3;2-3H,1H3. The van der Waals surface area contributed by atoms with E-state index in [1.807, 2.05) is 5.57 Å². The molecule has 5 atom stereocenters. The SMILES string of the molecule is CC12CCCCC1=CCC1C2CCC2(C)C(n3cnc4ccccc43)=CCC12.COSNO. The van der Waals surface area contributed by atoms with Crippen molar-refractivity contribution < 1.29 is 9.39 Å². The molecule has 1 heterocycles. The monoisotopic (exact) mass is 467 g/mol. The Morgan fingerprint density at radius 3 is 2.73 bits per heavy atom. The first kappa shape index (κ1) is 23.2. The van der Waals surface area contributed by atoms with Crippen molar-refractivity contribution in [2.24, 2.45) is 28.6 Å². The normalized spacial score (nSPS) is 35.0. The van der Waals surface area contributed by atoms with Crippen LogP contribution in [0.15, 0.2) is 48.3 Å². The molecule has 33 heavy (non-hydrogen) atoms. The average Bonchev–Trinajstić information content (AvgIpc) is 3.40. The van der Waals surface area contributed by atoms with Crippen LogP contribution in [0.4, 0.5) is 0 Å². The van der Waals surface area contributed by atoms with Crippen LogP contribution in [0.3, 0.4) is 0 Å². The predicted molar refractivity (Wildman–Crippen MR) is 135 cm³/mol. The highest BCUT2D eigenvalue weighted by molar-refractivity contribution is 7.92. The Morgan fingerprint density at radius 2 is 1.94 bits per heavy atom. The summed E-state index contributed by atoms with van der Waals surface area (Å²) in [4.78, 5) is 6.40. The summed E-state index contributed by atoms with van der Waals surface area (Å²) in [6, 6.07) is 8.60. The Bertz CT molecular complexity index is 1060. The van der Waals surface area contributed by atoms with E-state index in [0.717, 1.165) is 35.5 Å². The largest absolute Gasteiger partial charge is 0.304 e. The lowest BCUT2D eigenvalue weighted by molar-refractivity contribution is -0.0112. The van der Waals surface area contributed by atoms with E-state index < -0.39 is 0 Å². The molecule has 1 aromatic heterocycles. The lowest BCUT2D eigenvalue weighted by Gasteiger charge is -2.57. The van der Waals surface area contributed by atoms with Gasteiger partial charge >= 0.3 is 0 Å². The third-order valence-electron chi connectivity index (χ3n) is 9.39. The van der Waals surface area contributed by atoms with Crippen LogP contribution in [0, 0.1) is 28.6 Å². The van der Waals surface area contributed by atoms with Gasteiger partial charge in [-0.25, -0.2) is 4.98 Å². The quantitative estimate of drug-likeness (QED) is 0.220.